The molecule has 0 aliphatic heterocycles. The molecular weight excluding hydrogens is 400 g/mol. The van der Waals surface area contributed by atoms with E-state index >= 15 is 0 Å². The fourth-order valence-electron chi connectivity index (χ4n) is 1.91. The number of hydrogen-bond acceptors (Lipinski definition) is 7. The summed E-state index contributed by atoms with van der Waals surface area (Å²) in [5.41, 5.74) is -0.715. The van der Waals surface area contributed by atoms with Gasteiger partial charge in [-0.05, 0) is 43.6 Å². The number of carbonyl (C=O) groups is 3. The van der Waals surface area contributed by atoms with E-state index in [0.717, 1.165) is 0 Å². The Morgan fingerprint density at radius 1 is 1.46 bits per heavy atom. The van der Waals surface area contributed by atoms with Crippen LogP contribution in [0.25, 0.3) is 0 Å². The highest BCUT2D eigenvalue weighted by Crippen LogP contribution is 2.29. The molecule has 9 heteroatoms. The number of halogens is 1. The summed E-state index contributed by atoms with van der Waals surface area (Å²) in [6, 6.07) is -1.07. The van der Waals surface area contributed by atoms with Gasteiger partial charge >= 0.3 is 12.1 Å². The maximum atomic E-state index is 12.3. The van der Waals surface area contributed by atoms with Gasteiger partial charge in [0.25, 0.3) is 0 Å². The molecule has 0 aliphatic carbocycles. The molecule has 0 unspecified atom stereocenters. The number of alkyl carbamates (subject to hydrolysis) is 1. The summed E-state index contributed by atoms with van der Waals surface area (Å²) < 4.78 is 10.8. The van der Waals surface area contributed by atoms with Gasteiger partial charge in [-0.1, -0.05) is 0 Å². The molecule has 0 aromatic carbocycles. The number of esters is 1. The van der Waals surface area contributed by atoms with E-state index in [1.165, 1.54) is 11.3 Å². The molecule has 2 atom stereocenters. The summed E-state index contributed by atoms with van der Waals surface area (Å²) in [5.74, 6) is -1.27. The maximum Gasteiger partial charge on any atom is 0.408 e. The number of nitrogens with zero attached hydrogens (tertiary/aromatic N) is 1. The van der Waals surface area contributed by atoms with Crippen molar-refractivity contribution in [2.24, 2.45) is 0 Å². The SMILES string of the molecule is CCOC(=O)[C@@H](NC(=O)OC(C)(C)C)[C@H](CC=O)c1nc(Br)cs1. The minimum Gasteiger partial charge on any atom is -0.464 e. The number of aldehydes is 1. The van der Waals surface area contributed by atoms with Crippen LogP contribution in [0.3, 0.4) is 0 Å². The zero-order valence-corrected chi connectivity index (χ0v) is 16.4. The van der Waals surface area contributed by atoms with Crippen LogP contribution >= 0.6 is 27.3 Å². The van der Waals surface area contributed by atoms with Gasteiger partial charge in [0.1, 0.15) is 27.5 Å². The van der Waals surface area contributed by atoms with Gasteiger partial charge in [-0.3, -0.25) is 0 Å². The van der Waals surface area contributed by atoms with Crippen molar-refractivity contribution < 1.29 is 23.9 Å². The molecule has 0 saturated carbocycles. The highest BCUT2D eigenvalue weighted by molar-refractivity contribution is 9.10. The number of amides is 1. The minimum absolute atomic E-state index is 0.0131. The van der Waals surface area contributed by atoms with Gasteiger partial charge in [0.05, 0.1) is 6.61 Å². The van der Waals surface area contributed by atoms with Gasteiger partial charge < -0.3 is 19.6 Å². The van der Waals surface area contributed by atoms with Gasteiger partial charge in [0.2, 0.25) is 0 Å². The highest BCUT2D eigenvalue weighted by Gasteiger charge is 2.35. The zero-order chi connectivity index (χ0) is 18.3. The lowest BCUT2D eigenvalue weighted by Gasteiger charge is -2.26. The molecule has 0 radical (unpaired) electrons. The van der Waals surface area contributed by atoms with E-state index in [4.69, 9.17) is 9.47 Å². The Balaban J connectivity index is 3.06. The van der Waals surface area contributed by atoms with Crippen molar-refractivity contribution in [3.05, 3.63) is 15.0 Å². The third-order valence-electron chi connectivity index (χ3n) is 2.78. The predicted molar refractivity (Wildman–Crippen MR) is 93.0 cm³/mol. The first-order chi connectivity index (χ1) is 11.2. The number of thiazole rings is 1. The Morgan fingerprint density at radius 3 is 2.58 bits per heavy atom. The first-order valence-electron chi connectivity index (χ1n) is 7.38. The molecule has 7 nitrogen and oxygen atoms in total. The number of rotatable bonds is 7. The topological polar surface area (TPSA) is 94.6 Å². The molecule has 1 rings (SSSR count). The number of ether oxygens (including phenoxy) is 2. The predicted octanol–water partition coefficient (Wildman–Crippen LogP) is 3.03. The molecule has 1 aromatic heterocycles. The summed E-state index contributed by atoms with van der Waals surface area (Å²) in [7, 11) is 0. The molecule has 24 heavy (non-hydrogen) atoms. The quantitative estimate of drug-likeness (QED) is 0.537. The van der Waals surface area contributed by atoms with Crippen molar-refractivity contribution in [2.75, 3.05) is 6.61 Å². The molecule has 0 spiro atoms. The Kier molecular flexibility index (Phi) is 7.82. The fourth-order valence-corrected chi connectivity index (χ4v) is 3.33. The van der Waals surface area contributed by atoms with Crippen LogP contribution in [0.5, 0.6) is 0 Å². The van der Waals surface area contributed by atoms with E-state index < -0.39 is 29.6 Å². The van der Waals surface area contributed by atoms with E-state index in [1.807, 2.05) is 0 Å². The lowest BCUT2D eigenvalue weighted by molar-refractivity contribution is -0.146. The fraction of sp³-hybridized carbons (Fsp3) is 0.600. The first-order valence-corrected chi connectivity index (χ1v) is 9.06. The monoisotopic (exact) mass is 420 g/mol. The summed E-state index contributed by atoms with van der Waals surface area (Å²) in [5, 5.41) is 4.79. The molecule has 1 amide bonds. The largest absolute Gasteiger partial charge is 0.464 e. The van der Waals surface area contributed by atoms with Crippen molar-refractivity contribution in [2.45, 2.75) is 51.7 Å². The van der Waals surface area contributed by atoms with Crippen LogP contribution in [0.15, 0.2) is 9.98 Å². The lowest BCUT2D eigenvalue weighted by atomic mass is 9.97. The standard InChI is InChI=1S/C15H21BrN2O5S/c1-5-22-13(20)11(18-14(21)23-15(2,3)4)9(6-7-19)12-17-10(16)8-24-12/h7-9,11H,5-6H2,1-4H3,(H,18,21)/t9-,11-/m0/s1. The molecule has 134 valence electrons. The molecule has 0 bridgehead atoms. The van der Waals surface area contributed by atoms with Crippen LogP contribution in [0, 0.1) is 0 Å². The van der Waals surface area contributed by atoms with Crippen LogP contribution in [0.2, 0.25) is 0 Å². The average molecular weight is 421 g/mol. The second-order valence-corrected chi connectivity index (χ2v) is 7.60. The smallest absolute Gasteiger partial charge is 0.408 e. The Morgan fingerprint density at radius 2 is 2.12 bits per heavy atom. The molecular formula is C15H21BrN2O5S. The van der Waals surface area contributed by atoms with Crippen LogP contribution in [-0.4, -0.2) is 41.6 Å². The van der Waals surface area contributed by atoms with Gasteiger partial charge in [-0.25, -0.2) is 14.6 Å². The highest BCUT2D eigenvalue weighted by atomic mass is 79.9. The Hall–Kier alpha value is -1.48. The first kappa shape index (κ1) is 20.6. The zero-order valence-electron chi connectivity index (χ0n) is 14.0. The Bertz CT molecular complexity index is 585. The number of aromatic nitrogens is 1. The second-order valence-electron chi connectivity index (χ2n) is 5.89. The third-order valence-corrected chi connectivity index (χ3v) is 4.46. The van der Waals surface area contributed by atoms with Crippen molar-refractivity contribution in [3.63, 3.8) is 0 Å². The van der Waals surface area contributed by atoms with Crippen LogP contribution in [0.4, 0.5) is 4.79 Å². The van der Waals surface area contributed by atoms with Crippen molar-refractivity contribution in [1.29, 1.82) is 0 Å². The summed E-state index contributed by atoms with van der Waals surface area (Å²) >= 11 is 4.53. The Labute approximate surface area is 153 Å². The van der Waals surface area contributed by atoms with Crippen LogP contribution in [0.1, 0.15) is 45.0 Å². The van der Waals surface area contributed by atoms with Gasteiger partial charge in [0, 0.05) is 17.7 Å². The van der Waals surface area contributed by atoms with Crippen molar-refractivity contribution in [3.8, 4) is 0 Å². The van der Waals surface area contributed by atoms with E-state index in [9.17, 15) is 14.4 Å². The summed E-state index contributed by atoms with van der Waals surface area (Å²) in [6.45, 7) is 6.96. The van der Waals surface area contributed by atoms with E-state index in [1.54, 1.807) is 33.1 Å². The maximum absolute atomic E-state index is 12.3. The van der Waals surface area contributed by atoms with Crippen LogP contribution in [-0.2, 0) is 19.1 Å². The van der Waals surface area contributed by atoms with E-state index in [0.29, 0.717) is 15.9 Å². The minimum atomic E-state index is -1.07. The van der Waals surface area contributed by atoms with E-state index in [2.05, 4.69) is 26.2 Å². The van der Waals surface area contributed by atoms with Crippen molar-refractivity contribution >= 4 is 45.6 Å². The third kappa shape index (κ3) is 6.56. The summed E-state index contributed by atoms with van der Waals surface area (Å²) in [6.07, 6.45) is -0.0607. The number of nitrogens with one attached hydrogen (secondary N) is 1. The molecule has 0 aliphatic rings. The van der Waals surface area contributed by atoms with Crippen molar-refractivity contribution in [1.82, 2.24) is 10.3 Å². The number of hydrogen-bond donors (Lipinski definition) is 1. The molecule has 0 saturated heterocycles. The average Bonchev–Trinajstić information content (AvgIpc) is 2.87. The van der Waals surface area contributed by atoms with Gasteiger partial charge in [-0.2, -0.15) is 0 Å². The van der Waals surface area contributed by atoms with E-state index in [-0.39, 0.29) is 13.0 Å². The normalized spacial score (nSPS) is 13.7. The van der Waals surface area contributed by atoms with Crippen LogP contribution < -0.4 is 5.32 Å². The molecule has 1 aromatic rings. The molecule has 1 N–H and O–H groups in total. The number of carbonyl (C=O) groups excluding carboxylic acids is 3. The molecule has 1 heterocycles. The van der Waals surface area contributed by atoms with Gasteiger partial charge in [0.15, 0.2) is 0 Å². The lowest BCUT2D eigenvalue weighted by Crippen LogP contribution is -2.47. The van der Waals surface area contributed by atoms with Gasteiger partial charge in [-0.15, -0.1) is 11.3 Å². The second kappa shape index (κ2) is 9.12. The summed E-state index contributed by atoms with van der Waals surface area (Å²) in [4.78, 5) is 39.7. The molecule has 0 fully saturated rings.